The molecule has 6 atom stereocenters. The van der Waals surface area contributed by atoms with Crippen LogP contribution < -0.4 is 18.9 Å². The van der Waals surface area contributed by atoms with E-state index in [0.29, 0.717) is 23.7 Å². The van der Waals surface area contributed by atoms with Crippen LogP contribution in [-0.2, 0) is 25.4 Å². The highest BCUT2D eigenvalue weighted by molar-refractivity contribution is 5.91. The number of hydrogen-bond acceptors (Lipinski definition) is 10. The zero-order valence-electron chi connectivity index (χ0n) is 30.7. The zero-order chi connectivity index (χ0) is 36.9. The molecule has 2 fully saturated rings. The molecule has 276 valence electrons. The first kappa shape index (κ1) is 36.8. The Labute approximate surface area is 304 Å². The molecule has 0 bridgehead atoms. The Morgan fingerprint density at radius 2 is 1.62 bits per heavy atom. The number of nitrogens with zero attached hydrogens (tertiary/aromatic N) is 1. The summed E-state index contributed by atoms with van der Waals surface area (Å²) in [6.45, 7) is 5.31. The lowest BCUT2D eigenvalue weighted by Gasteiger charge is -2.52. The molecule has 7 rings (SSSR count). The van der Waals surface area contributed by atoms with E-state index in [-0.39, 0.29) is 29.4 Å². The average Bonchev–Trinajstić information content (AvgIpc) is 3.57. The maximum atomic E-state index is 13.5. The van der Waals surface area contributed by atoms with Crippen molar-refractivity contribution < 1.29 is 42.7 Å². The Morgan fingerprint density at radius 3 is 2.21 bits per heavy atom. The second-order valence-corrected chi connectivity index (χ2v) is 13.3. The molecule has 0 radical (unpaired) electrons. The second kappa shape index (κ2) is 16.1. The number of benzene rings is 3. The van der Waals surface area contributed by atoms with Gasteiger partial charge in [0, 0.05) is 42.9 Å². The number of hydrogen-bond donors (Lipinski definition) is 1. The monoisotopic (exact) mass is 712 g/mol. The van der Waals surface area contributed by atoms with Crippen LogP contribution in [0.2, 0.25) is 0 Å². The normalized spacial score (nSPS) is 23.4. The van der Waals surface area contributed by atoms with Crippen molar-refractivity contribution in [1.29, 1.82) is 0 Å². The van der Waals surface area contributed by atoms with E-state index in [2.05, 4.69) is 22.5 Å². The van der Waals surface area contributed by atoms with Gasteiger partial charge < -0.3 is 38.1 Å². The van der Waals surface area contributed by atoms with Gasteiger partial charge >= 0.3 is 11.9 Å². The summed E-state index contributed by atoms with van der Waals surface area (Å²) in [5, 5.41) is 1.21. The van der Waals surface area contributed by atoms with Crippen molar-refractivity contribution in [3.63, 3.8) is 0 Å². The minimum atomic E-state index is -0.670. The van der Waals surface area contributed by atoms with Gasteiger partial charge in [-0.1, -0.05) is 43.0 Å². The summed E-state index contributed by atoms with van der Waals surface area (Å²) >= 11 is 0. The number of H-pyrrole nitrogens is 1. The molecule has 52 heavy (non-hydrogen) atoms. The minimum absolute atomic E-state index is 0.0170. The van der Waals surface area contributed by atoms with Crippen LogP contribution in [-0.4, -0.2) is 89.8 Å². The van der Waals surface area contributed by atoms with E-state index in [4.69, 9.17) is 33.2 Å². The molecule has 0 amide bonds. The third-order valence-corrected chi connectivity index (χ3v) is 10.8. The largest absolute Gasteiger partial charge is 0.497 e. The quantitative estimate of drug-likeness (QED) is 0.193. The lowest BCUT2D eigenvalue weighted by Crippen LogP contribution is -2.58. The molecular weight excluding hydrogens is 664 g/mol. The molecule has 1 saturated heterocycles. The first-order chi connectivity index (χ1) is 25.3. The molecule has 1 N–H and O–H groups in total. The number of carbonyl (C=O) groups is 2. The Morgan fingerprint density at radius 1 is 0.885 bits per heavy atom. The Bertz CT molecular complexity index is 1860. The first-order valence-corrected chi connectivity index (χ1v) is 17.5. The fraction of sp³-hybridized carbons (Fsp3) is 0.415. The number of aromatic amines is 1. The maximum Gasteiger partial charge on any atom is 0.338 e. The molecular formula is C41H48N2O9. The molecule has 11 nitrogen and oxygen atoms in total. The van der Waals surface area contributed by atoms with E-state index in [1.165, 1.54) is 50.6 Å². The number of piperidine rings is 1. The Balaban J connectivity index is 0.000000514. The summed E-state index contributed by atoms with van der Waals surface area (Å²) in [4.78, 5) is 33.1. The molecule has 0 unspecified atom stereocenters. The number of esters is 2. The summed E-state index contributed by atoms with van der Waals surface area (Å²) in [5.74, 6) is 0.441. The van der Waals surface area contributed by atoms with E-state index in [0.717, 1.165) is 37.2 Å². The molecule has 3 aromatic carbocycles. The topological polar surface area (TPSA) is 118 Å². The molecule has 1 aromatic heterocycles. The minimum Gasteiger partial charge on any atom is -0.497 e. The summed E-state index contributed by atoms with van der Waals surface area (Å²) in [7, 11) is 9.10. The zero-order valence-corrected chi connectivity index (χ0v) is 30.7. The van der Waals surface area contributed by atoms with Crippen LogP contribution in [0.15, 0.2) is 67.2 Å². The van der Waals surface area contributed by atoms with E-state index in [1.54, 1.807) is 26.4 Å². The number of carbonyl (C=O) groups excluding carboxylic acids is 2. The van der Waals surface area contributed by atoms with Gasteiger partial charge in [-0.25, -0.2) is 4.79 Å². The molecule has 3 heterocycles. The van der Waals surface area contributed by atoms with Gasteiger partial charge in [0.05, 0.1) is 53.1 Å². The van der Waals surface area contributed by atoms with Crippen LogP contribution in [0.3, 0.4) is 0 Å². The Hall–Kier alpha value is -5.00. The number of nitrogens with one attached hydrogen (secondary N) is 1. The Kier molecular flexibility index (Phi) is 11.4. The third-order valence-electron chi connectivity index (χ3n) is 10.8. The van der Waals surface area contributed by atoms with Crippen molar-refractivity contribution in [2.75, 3.05) is 55.7 Å². The lowest BCUT2D eigenvalue weighted by atomic mass is 9.63. The highest BCUT2D eigenvalue weighted by atomic mass is 16.6. The van der Waals surface area contributed by atoms with Crippen molar-refractivity contribution in [2.24, 2.45) is 17.8 Å². The smallest absolute Gasteiger partial charge is 0.338 e. The van der Waals surface area contributed by atoms with Gasteiger partial charge in [0.1, 0.15) is 18.0 Å². The van der Waals surface area contributed by atoms with E-state index in [1.807, 2.05) is 48.5 Å². The lowest BCUT2D eigenvalue weighted by molar-refractivity contribution is -0.176. The molecule has 11 heteroatoms. The van der Waals surface area contributed by atoms with Crippen LogP contribution in [0.25, 0.3) is 17.0 Å². The fourth-order valence-electron chi connectivity index (χ4n) is 8.35. The highest BCUT2D eigenvalue weighted by Gasteiger charge is 2.54. The van der Waals surface area contributed by atoms with Crippen molar-refractivity contribution in [1.82, 2.24) is 9.88 Å². The highest BCUT2D eigenvalue weighted by Crippen LogP contribution is 2.51. The van der Waals surface area contributed by atoms with Crippen LogP contribution in [0.4, 0.5) is 0 Å². The van der Waals surface area contributed by atoms with E-state index < -0.39 is 24.1 Å². The number of ether oxygens (including phenoxy) is 7. The van der Waals surface area contributed by atoms with Gasteiger partial charge in [0.25, 0.3) is 0 Å². The summed E-state index contributed by atoms with van der Waals surface area (Å²) in [6, 6.07) is 19.4. The van der Waals surface area contributed by atoms with Gasteiger partial charge in [-0.05, 0) is 66.5 Å². The molecule has 1 aliphatic carbocycles. The predicted molar refractivity (Wildman–Crippen MR) is 197 cm³/mol. The molecule has 1 saturated carbocycles. The van der Waals surface area contributed by atoms with Gasteiger partial charge in [-0.3, -0.25) is 9.69 Å². The van der Waals surface area contributed by atoms with Gasteiger partial charge in [0.2, 0.25) is 5.75 Å². The van der Waals surface area contributed by atoms with Crippen LogP contribution in [0.1, 0.15) is 46.1 Å². The fourth-order valence-corrected chi connectivity index (χ4v) is 8.35. The molecule has 2 aliphatic heterocycles. The van der Waals surface area contributed by atoms with Crippen molar-refractivity contribution in [3.8, 4) is 23.0 Å². The molecule has 0 spiro atoms. The second-order valence-electron chi connectivity index (χ2n) is 13.3. The van der Waals surface area contributed by atoms with Crippen molar-refractivity contribution >= 4 is 28.9 Å². The van der Waals surface area contributed by atoms with E-state index in [9.17, 15) is 9.59 Å². The molecule has 3 aliphatic rings. The van der Waals surface area contributed by atoms with Gasteiger partial charge in [-0.2, -0.15) is 0 Å². The van der Waals surface area contributed by atoms with Crippen LogP contribution in [0, 0.1) is 17.8 Å². The van der Waals surface area contributed by atoms with Crippen molar-refractivity contribution in [3.05, 3.63) is 89.6 Å². The van der Waals surface area contributed by atoms with Gasteiger partial charge in [0.15, 0.2) is 11.5 Å². The predicted octanol–water partition coefficient (Wildman–Crippen LogP) is 6.50. The van der Waals surface area contributed by atoms with Gasteiger partial charge in [-0.15, -0.1) is 0 Å². The SMILES string of the molecule is C=Cc1ccccc1.COC(=O)[C@H]1[C@H]2C[C@@H]3c4[nH]c5cc(OC)ccc5c4CCN3C[C@H]2C[C@@H](OC(=O)c2cc(OC)c(OC)c(OC)c2)[C@@H]1OC. The number of fused-ring (bicyclic) bond motifs is 6. The number of methoxy groups -OCH3 is 6. The van der Waals surface area contributed by atoms with Crippen LogP contribution in [0.5, 0.6) is 23.0 Å². The number of aromatic nitrogens is 1. The summed E-state index contributed by atoms with van der Waals surface area (Å²) in [6.07, 6.45) is 2.75. The van der Waals surface area contributed by atoms with Crippen molar-refractivity contribution in [2.45, 2.75) is 37.5 Å². The third kappa shape index (κ3) is 7.07. The molecule has 4 aromatic rings. The summed E-state index contributed by atoms with van der Waals surface area (Å²) < 4.78 is 39.1. The first-order valence-electron chi connectivity index (χ1n) is 17.5. The average molecular weight is 713 g/mol. The summed E-state index contributed by atoms with van der Waals surface area (Å²) in [5.41, 5.74) is 5.00. The standard InChI is InChI=1S/C33H40N2O9.C8H8/c1-38-19-7-8-20-21-9-10-35-16-18-13-27(44-32(36)17-11-25(39-2)30(41-4)26(12-17)40-3)31(42-5)28(33(37)43-6)22(18)15-24(35)29(21)34-23(20)14-19;1-2-8-6-4-3-5-7-8/h7-8,11-12,14,18,22,24,27-28,31,34H,9-10,13,15-16H2,1-6H3;2-7H,1H2/t18-,22+,24-,27-,28+,31+;/m1./s1. The van der Waals surface area contributed by atoms with E-state index >= 15 is 0 Å². The maximum absolute atomic E-state index is 13.5. The number of rotatable bonds is 9. The van der Waals surface area contributed by atoms with Crippen LogP contribution >= 0.6 is 0 Å².